The fourth-order valence-corrected chi connectivity index (χ4v) is 8.97. The summed E-state index contributed by atoms with van der Waals surface area (Å²) in [4.78, 5) is 0. The zero-order valence-electron chi connectivity index (χ0n) is 10.9. The molecule has 104 valence electrons. The van der Waals surface area contributed by atoms with Crippen LogP contribution in [0.2, 0.25) is 0 Å². The summed E-state index contributed by atoms with van der Waals surface area (Å²) in [6, 6.07) is 0. The predicted molar refractivity (Wildman–Crippen MR) is 70.1 cm³/mol. The Labute approximate surface area is 108 Å². The van der Waals surface area contributed by atoms with Crippen LogP contribution in [0.15, 0.2) is 0 Å². The molecule has 0 amide bonds. The molecule has 0 fully saturated rings. The second-order valence-corrected chi connectivity index (χ2v) is 10.4. The average molecular weight is 304 g/mol. The molecule has 0 aromatic heterocycles. The van der Waals surface area contributed by atoms with Crippen LogP contribution in [0.5, 0.6) is 0 Å². The van der Waals surface area contributed by atoms with Crippen LogP contribution < -0.4 is 0 Å². The van der Waals surface area contributed by atoms with Gasteiger partial charge < -0.3 is 22.3 Å². The van der Waals surface area contributed by atoms with E-state index in [2.05, 4.69) is 0 Å². The van der Waals surface area contributed by atoms with Gasteiger partial charge in [-0.15, -0.1) is 0 Å². The van der Waals surface area contributed by atoms with Gasteiger partial charge in [0.25, 0.3) is 0 Å². The summed E-state index contributed by atoms with van der Waals surface area (Å²) < 4.78 is 38.2. The Morgan fingerprint density at radius 2 is 1.41 bits per heavy atom. The van der Waals surface area contributed by atoms with Crippen LogP contribution in [0.1, 0.15) is 13.8 Å². The van der Waals surface area contributed by atoms with Crippen molar-refractivity contribution in [3.8, 4) is 0 Å². The first-order valence-electron chi connectivity index (χ1n) is 5.20. The van der Waals surface area contributed by atoms with Gasteiger partial charge in [0.2, 0.25) is 0 Å². The molecule has 9 heteroatoms. The van der Waals surface area contributed by atoms with Crippen LogP contribution in [0.25, 0.3) is 0 Å². The number of hydrogen-bond acceptors (Lipinski definition) is 7. The molecule has 0 aliphatic carbocycles. The summed E-state index contributed by atoms with van der Waals surface area (Å²) in [5.74, 6) is 0. The Bertz CT molecular complexity index is 232. The van der Waals surface area contributed by atoms with E-state index >= 15 is 0 Å². The van der Waals surface area contributed by atoms with Crippen molar-refractivity contribution in [2.75, 3.05) is 39.9 Å². The molecule has 0 bridgehead atoms. The fraction of sp³-hybridized carbons (Fsp3) is 1.00. The Balaban J connectivity index is 4.52. The van der Waals surface area contributed by atoms with Crippen LogP contribution in [0.3, 0.4) is 0 Å². The highest BCUT2D eigenvalue weighted by Crippen LogP contribution is 2.61. The maximum absolute atomic E-state index is 12.2. The van der Waals surface area contributed by atoms with Gasteiger partial charge in [0, 0.05) is 21.3 Å². The van der Waals surface area contributed by atoms with Gasteiger partial charge in [-0.3, -0.25) is 0 Å². The Morgan fingerprint density at radius 1 is 1.00 bits per heavy atom. The minimum Gasteiger partial charge on any atom is -0.376 e. The lowest BCUT2D eigenvalue weighted by atomic mass is 10.9. The van der Waals surface area contributed by atoms with Gasteiger partial charge in [0.05, 0.1) is 18.6 Å². The van der Waals surface area contributed by atoms with Crippen LogP contribution >= 0.6 is 18.2 Å². The van der Waals surface area contributed by atoms with Crippen molar-refractivity contribution in [3.63, 3.8) is 0 Å². The lowest BCUT2D eigenvalue weighted by Crippen LogP contribution is -2.46. The van der Waals surface area contributed by atoms with E-state index in [1.165, 1.54) is 21.3 Å². The molecule has 0 rings (SSSR count). The van der Waals surface area contributed by atoms with Crippen LogP contribution in [-0.2, 0) is 26.9 Å². The van der Waals surface area contributed by atoms with Crippen LogP contribution in [0, 0.1) is 0 Å². The van der Waals surface area contributed by atoms with E-state index in [0.717, 1.165) is 11.4 Å². The van der Waals surface area contributed by atoms with Crippen molar-refractivity contribution in [1.29, 1.82) is 0 Å². The summed E-state index contributed by atoms with van der Waals surface area (Å²) in [6.45, 7) is 1.03. The first kappa shape index (κ1) is 17.6. The quantitative estimate of drug-likeness (QED) is 0.453. The van der Waals surface area contributed by atoms with E-state index < -0.39 is 15.6 Å². The zero-order valence-corrected chi connectivity index (χ0v) is 13.6. The lowest BCUT2D eigenvalue weighted by Gasteiger charge is -2.25. The third-order valence-electron chi connectivity index (χ3n) is 1.91. The van der Waals surface area contributed by atoms with Gasteiger partial charge >= 0.3 is 15.6 Å². The van der Waals surface area contributed by atoms with E-state index in [-0.39, 0.29) is 0 Å². The van der Waals surface area contributed by atoms with Crippen LogP contribution in [0.4, 0.5) is 0 Å². The molecule has 0 spiro atoms. The molecule has 0 saturated carbocycles. The van der Waals surface area contributed by atoms with Crippen LogP contribution in [-0.4, -0.2) is 48.7 Å². The highest BCUT2D eigenvalue weighted by molar-refractivity contribution is 8.55. The molecular weight excluding hydrogens is 283 g/mol. The highest BCUT2D eigenvalue weighted by atomic mass is 32.7. The van der Waals surface area contributed by atoms with Gasteiger partial charge in [-0.25, -0.2) is 4.57 Å². The van der Waals surface area contributed by atoms with E-state index in [1.54, 1.807) is 13.8 Å². The topological polar surface area (TPSA) is 63.2 Å². The number of hydrogen-bond donors (Lipinski definition) is 0. The molecule has 0 saturated heterocycles. The second kappa shape index (κ2) is 8.66. The minimum absolute atomic E-state index is 0.313. The molecular formula is C8H21O6PSSi. The summed E-state index contributed by atoms with van der Waals surface area (Å²) in [5, 5.41) is 0.313. The summed E-state index contributed by atoms with van der Waals surface area (Å²) >= 11 is 1.05. The Hall–Kier alpha value is 0.597. The maximum atomic E-state index is 12.2. The van der Waals surface area contributed by atoms with Gasteiger partial charge in [0.1, 0.15) is 0 Å². The van der Waals surface area contributed by atoms with Gasteiger partial charge in [0.15, 0.2) is 0 Å². The molecule has 0 aromatic carbocycles. The third-order valence-corrected chi connectivity index (χ3v) is 9.91. The Kier molecular flexibility index (Phi) is 8.96. The van der Waals surface area contributed by atoms with Gasteiger partial charge in [-0.2, -0.15) is 0 Å². The average Bonchev–Trinajstić information content (AvgIpc) is 2.32. The summed E-state index contributed by atoms with van der Waals surface area (Å²) in [6.07, 6.45) is 0. The second-order valence-electron chi connectivity index (χ2n) is 2.85. The fourth-order valence-electron chi connectivity index (χ4n) is 1.01. The molecule has 6 nitrogen and oxygen atoms in total. The SMILES string of the molecule is CCOP(=O)(OCC)SC[Si](OC)(OC)OC. The van der Waals surface area contributed by atoms with E-state index in [1.807, 2.05) is 0 Å². The zero-order chi connectivity index (χ0) is 13.4. The van der Waals surface area contributed by atoms with E-state index in [9.17, 15) is 4.57 Å². The first-order chi connectivity index (χ1) is 8.01. The van der Waals surface area contributed by atoms with Crippen molar-refractivity contribution in [3.05, 3.63) is 0 Å². The molecule has 0 aliphatic heterocycles. The molecule has 0 unspecified atom stereocenters. The standard InChI is InChI=1S/C8H21O6PSSi/c1-6-13-15(9,14-7-2)16-8-17(10-3,11-4)12-5/h6-8H2,1-5H3. The summed E-state index contributed by atoms with van der Waals surface area (Å²) in [7, 11) is 1.76. The number of rotatable bonds is 10. The molecule has 17 heavy (non-hydrogen) atoms. The van der Waals surface area contributed by atoms with Gasteiger partial charge in [-0.05, 0) is 25.2 Å². The Morgan fingerprint density at radius 3 is 1.71 bits per heavy atom. The summed E-state index contributed by atoms with van der Waals surface area (Å²) in [5.41, 5.74) is 0. The molecule has 0 aliphatic rings. The normalized spacial score (nSPS) is 13.0. The predicted octanol–water partition coefficient (Wildman–Crippen LogP) is 2.32. The van der Waals surface area contributed by atoms with Crippen molar-refractivity contribution in [1.82, 2.24) is 0 Å². The van der Waals surface area contributed by atoms with E-state index in [4.69, 9.17) is 22.3 Å². The molecule has 0 atom stereocenters. The maximum Gasteiger partial charge on any atom is 0.511 e. The molecule has 0 N–H and O–H groups in total. The molecule has 0 radical (unpaired) electrons. The highest BCUT2D eigenvalue weighted by Gasteiger charge is 2.41. The molecule has 0 aromatic rings. The van der Waals surface area contributed by atoms with E-state index in [0.29, 0.717) is 18.6 Å². The van der Waals surface area contributed by atoms with Gasteiger partial charge in [-0.1, -0.05) is 0 Å². The van der Waals surface area contributed by atoms with Crippen molar-refractivity contribution < 1.29 is 26.9 Å². The van der Waals surface area contributed by atoms with Crippen molar-refractivity contribution in [2.45, 2.75) is 13.8 Å². The smallest absolute Gasteiger partial charge is 0.376 e. The monoisotopic (exact) mass is 304 g/mol. The van der Waals surface area contributed by atoms with Crippen molar-refractivity contribution in [2.24, 2.45) is 0 Å². The molecule has 0 heterocycles. The third kappa shape index (κ3) is 5.85. The first-order valence-corrected chi connectivity index (χ1v) is 10.3. The lowest BCUT2D eigenvalue weighted by molar-refractivity contribution is 0.130. The largest absolute Gasteiger partial charge is 0.511 e. The van der Waals surface area contributed by atoms with Crippen molar-refractivity contribution >= 4 is 27.0 Å². The minimum atomic E-state index is -3.14.